The highest BCUT2D eigenvalue weighted by Crippen LogP contribution is 2.28. The van der Waals surface area contributed by atoms with E-state index in [0.717, 1.165) is 10.9 Å². The van der Waals surface area contributed by atoms with Crippen molar-refractivity contribution in [3.63, 3.8) is 0 Å². The molecule has 0 radical (unpaired) electrons. The highest BCUT2D eigenvalue weighted by Gasteiger charge is 2.27. The Kier molecular flexibility index (Phi) is 7.02. The van der Waals surface area contributed by atoms with Gasteiger partial charge in [-0.05, 0) is 25.1 Å². The van der Waals surface area contributed by atoms with Gasteiger partial charge in [-0.25, -0.2) is 14.6 Å². The first-order valence-corrected chi connectivity index (χ1v) is 10.1. The lowest BCUT2D eigenvalue weighted by Gasteiger charge is -2.16. The van der Waals surface area contributed by atoms with Gasteiger partial charge < -0.3 is 14.4 Å². The average molecular weight is 412 g/mol. The van der Waals surface area contributed by atoms with Gasteiger partial charge in [0.1, 0.15) is 6.61 Å². The van der Waals surface area contributed by atoms with Crippen molar-refractivity contribution >= 4 is 46.6 Å². The van der Waals surface area contributed by atoms with Gasteiger partial charge in [0.15, 0.2) is 0 Å². The van der Waals surface area contributed by atoms with Gasteiger partial charge in [-0.1, -0.05) is 36.0 Å². The van der Waals surface area contributed by atoms with Crippen LogP contribution in [0.25, 0.3) is 17.0 Å². The molecule has 2 aromatic rings. The van der Waals surface area contributed by atoms with Crippen molar-refractivity contribution < 1.29 is 23.9 Å². The number of hydrogen-bond donors (Lipinski definition) is 0. The summed E-state index contributed by atoms with van der Waals surface area (Å²) in [5.41, 5.74) is 1.49. The number of carbonyl (C=O) groups excluding carboxylic acids is 3. The summed E-state index contributed by atoms with van der Waals surface area (Å²) in [6.07, 6.45) is 4.16. The molecule has 3 rings (SSSR count). The molecule has 0 saturated carbocycles. The summed E-state index contributed by atoms with van der Waals surface area (Å²) in [4.78, 5) is 41.4. The van der Waals surface area contributed by atoms with Crippen LogP contribution in [0.2, 0.25) is 0 Å². The van der Waals surface area contributed by atoms with Crippen molar-refractivity contribution in [3.05, 3.63) is 59.3 Å². The zero-order valence-corrected chi connectivity index (χ0v) is 16.7. The van der Waals surface area contributed by atoms with E-state index in [0.29, 0.717) is 10.7 Å². The Morgan fingerprint density at radius 3 is 2.83 bits per heavy atom. The second kappa shape index (κ2) is 9.88. The summed E-state index contributed by atoms with van der Waals surface area (Å²) in [5, 5.41) is 1.52. The fourth-order valence-corrected chi connectivity index (χ4v) is 3.62. The fraction of sp³-hybridized carbons (Fsp3) is 0.238. The molecule has 29 heavy (non-hydrogen) atoms. The number of para-hydroxylation sites is 1. The summed E-state index contributed by atoms with van der Waals surface area (Å²) in [6.45, 7) is 2.16. The van der Waals surface area contributed by atoms with Gasteiger partial charge in [0.05, 0.1) is 41.2 Å². The third-order valence-corrected chi connectivity index (χ3v) is 5.03. The molecule has 1 aromatic carbocycles. The van der Waals surface area contributed by atoms with E-state index >= 15 is 0 Å². The lowest BCUT2D eigenvalue weighted by atomic mass is 10.2. The highest BCUT2D eigenvalue weighted by atomic mass is 32.2. The van der Waals surface area contributed by atoms with Crippen LogP contribution in [-0.4, -0.2) is 53.2 Å². The number of fused-ring (bicyclic) bond motifs is 1. The Morgan fingerprint density at radius 1 is 1.17 bits per heavy atom. The quantitative estimate of drug-likeness (QED) is 0.511. The molecule has 0 bridgehead atoms. The molecule has 1 aromatic heterocycles. The molecule has 0 N–H and O–H groups in total. The predicted molar refractivity (Wildman–Crippen MR) is 111 cm³/mol. The average Bonchev–Trinajstić information content (AvgIpc) is 3.06. The molecular formula is C21H20N2O5S. The Hall–Kier alpha value is -3.13. The minimum atomic E-state index is -0.532. The fourth-order valence-electron chi connectivity index (χ4n) is 2.67. The van der Waals surface area contributed by atoms with Gasteiger partial charge >= 0.3 is 11.9 Å². The second-order valence-electron chi connectivity index (χ2n) is 6.00. The molecule has 7 nitrogen and oxygen atoms in total. The van der Waals surface area contributed by atoms with Crippen LogP contribution in [0.15, 0.2) is 53.6 Å². The van der Waals surface area contributed by atoms with Crippen molar-refractivity contribution in [3.8, 4) is 0 Å². The summed E-state index contributed by atoms with van der Waals surface area (Å²) in [6, 6.07) is 11.5. The smallest absolute Gasteiger partial charge is 0.333 e. The van der Waals surface area contributed by atoms with E-state index in [-0.39, 0.29) is 31.4 Å². The van der Waals surface area contributed by atoms with Crippen LogP contribution in [0, 0.1) is 0 Å². The van der Waals surface area contributed by atoms with Crippen molar-refractivity contribution in [2.75, 3.05) is 25.5 Å². The van der Waals surface area contributed by atoms with Gasteiger partial charge in [0.2, 0.25) is 5.91 Å². The number of pyridine rings is 1. The predicted octanol–water partition coefficient (Wildman–Crippen LogP) is 2.77. The van der Waals surface area contributed by atoms with Crippen molar-refractivity contribution in [1.29, 1.82) is 0 Å². The summed E-state index contributed by atoms with van der Waals surface area (Å²) < 4.78 is 10.0. The number of aromatic nitrogens is 1. The van der Waals surface area contributed by atoms with Crippen LogP contribution in [-0.2, 0) is 23.9 Å². The number of benzene rings is 1. The molecule has 0 atom stereocenters. The van der Waals surface area contributed by atoms with Crippen LogP contribution in [0.4, 0.5) is 0 Å². The Bertz CT molecular complexity index is 986. The van der Waals surface area contributed by atoms with E-state index < -0.39 is 11.9 Å². The monoisotopic (exact) mass is 412 g/mol. The van der Waals surface area contributed by atoms with E-state index in [1.165, 1.54) is 28.8 Å². The number of carbonyl (C=O) groups is 3. The molecule has 150 valence electrons. The van der Waals surface area contributed by atoms with Crippen LogP contribution < -0.4 is 0 Å². The third-order valence-electron chi connectivity index (χ3n) is 4.01. The topological polar surface area (TPSA) is 85.8 Å². The molecule has 0 spiro atoms. The molecule has 0 unspecified atom stereocenters. The maximum atomic E-state index is 12.0. The zero-order chi connectivity index (χ0) is 20.6. The van der Waals surface area contributed by atoms with Gasteiger partial charge in [0.25, 0.3) is 0 Å². The van der Waals surface area contributed by atoms with Crippen molar-refractivity contribution in [2.45, 2.75) is 6.92 Å². The minimum Gasteiger partial charge on any atom is -0.463 e. The van der Waals surface area contributed by atoms with Crippen LogP contribution >= 0.6 is 11.8 Å². The second-order valence-corrected chi connectivity index (χ2v) is 6.99. The van der Waals surface area contributed by atoms with Crippen LogP contribution in [0.5, 0.6) is 0 Å². The Morgan fingerprint density at radius 2 is 2.00 bits per heavy atom. The standard InChI is InChI=1S/C21H20N2O5S/c1-2-27-21(26)13-19-23(18(24)14-29-19)11-12-28-20(25)10-9-16-8-7-15-5-3-4-6-17(15)22-16/h3-10,13H,2,11-12,14H2,1H3/b10-9+,19-13-. The number of hydrogen-bond acceptors (Lipinski definition) is 7. The molecule has 0 aliphatic carbocycles. The third kappa shape index (κ3) is 5.68. The number of rotatable bonds is 7. The number of nitrogens with zero attached hydrogens (tertiary/aromatic N) is 2. The van der Waals surface area contributed by atoms with E-state index in [1.54, 1.807) is 13.0 Å². The molecule has 1 amide bonds. The SMILES string of the molecule is CCOC(=O)/C=C1\SCC(=O)N1CCOC(=O)/C=C/c1ccc2ccccc2n1. The Labute approximate surface area is 172 Å². The van der Waals surface area contributed by atoms with Gasteiger partial charge in [0, 0.05) is 11.5 Å². The number of thioether (sulfide) groups is 1. The van der Waals surface area contributed by atoms with Crippen molar-refractivity contribution in [2.24, 2.45) is 0 Å². The highest BCUT2D eigenvalue weighted by molar-refractivity contribution is 8.04. The van der Waals surface area contributed by atoms with E-state index in [9.17, 15) is 14.4 Å². The van der Waals surface area contributed by atoms with E-state index in [2.05, 4.69) is 4.98 Å². The molecule has 8 heteroatoms. The van der Waals surface area contributed by atoms with Crippen LogP contribution in [0.1, 0.15) is 12.6 Å². The lowest BCUT2D eigenvalue weighted by Crippen LogP contribution is -2.29. The minimum absolute atomic E-state index is 0.0147. The summed E-state index contributed by atoms with van der Waals surface area (Å²) >= 11 is 1.25. The number of ether oxygens (including phenoxy) is 2. The Balaban J connectivity index is 1.52. The van der Waals surface area contributed by atoms with Crippen LogP contribution in [0.3, 0.4) is 0 Å². The molecular weight excluding hydrogens is 392 g/mol. The normalized spacial score (nSPS) is 15.4. The zero-order valence-electron chi connectivity index (χ0n) is 15.9. The molecule has 1 saturated heterocycles. The maximum absolute atomic E-state index is 12.0. The maximum Gasteiger partial charge on any atom is 0.333 e. The van der Waals surface area contributed by atoms with E-state index in [1.807, 2.05) is 36.4 Å². The number of esters is 2. The summed E-state index contributed by atoms with van der Waals surface area (Å²) in [7, 11) is 0. The lowest BCUT2D eigenvalue weighted by molar-refractivity contribution is -0.140. The van der Waals surface area contributed by atoms with Gasteiger partial charge in [-0.2, -0.15) is 0 Å². The summed E-state index contributed by atoms with van der Waals surface area (Å²) in [5.74, 6) is -0.933. The van der Waals surface area contributed by atoms with Gasteiger partial charge in [-0.15, -0.1) is 0 Å². The molecule has 2 heterocycles. The molecule has 1 fully saturated rings. The van der Waals surface area contributed by atoms with E-state index in [4.69, 9.17) is 9.47 Å². The molecule has 1 aliphatic heterocycles. The van der Waals surface area contributed by atoms with Crippen molar-refractivity contribution in [1.82, 2.24) is 9.88 Å². The largest absolute Gasteiger partial charge is 0.463 e. The number of amides is 1. The first-order valence-electron chi connectivity index (χ1n) is 9.09. The van der Waals surface area contributed by atoms with Gasteiger partial charge in [-0.3, -0.25) is 4.79 Å². The first-order chi connectivity index (χ1) is 14.1. The first kappa shape index (κ1) is 20.6. The molecule has 1 aliphatic rings.